The second-order valence-corrected chi connectivity index (χ2v) is 2.21. The molecule has 0 spiro atoms. The standard InChI is InChI=1S/C5H9F4NO/c1-3(2-11-10)5(8,9)4(6)7/h3-4H,2,10H2,1H3. The molecule has 0 fully saturated rings. The van der Waals surface area contributed by atoms with Crippen molar-refractivity contribution in [2.24, 2.45) is 11.8 Å². The van der Waals surface area contributed by atoms with Crippen molar-refractivity contribution in [1.82, 2.24) is 0 Å². The van der Waals surface area contributed by atoms with Crippen LogP contribution in [0.15, 0.2) is 0 Å². The minimum atomic E-state index is -4.03. The third kappa shape index (κ3) is 2.63. The predicted octanol–water partition coefficient (Wildman–Crippen LogP) is 1.41. The van der Waals surface area contributed by atoms with Gasteiger partial charge in [0.25, 0.3) is 0 Å². The maximum atomic E-state index is 12.2. The average molecular weight is 175 g/mol. The average Bonchev–Trinajstić information content (AvgIpc) is 1.88. The molecular formula is C5H9F4NO. The molecule has 0 aromatic rings. The molecule has 0 aliphatic heterocycles. The summed E-state index contributed by atoms with van der Waals surface area (Å²) in [6, 6.07) is 0. The van der Waals surface area contributed by atoms with Gasteiger partial charge >= 0.3 is 12.3 Å². The second kappa shape index (κ2) is 3.87. The van der Waals surface area contributed by atoms with E-state index in [4.69, 9.17) is 0 Å². The minimum absolute atomic E-state index is 0.586. The Morgan fingerprint density at radius 2 is 1.91 bits per heavy atom. The molecule has 0 aromatic heterocycles. The molecular weight excluding hydrogens is 166 g/mol. The Balaban J connectivity index is 4.05. The largest absolute Gasteiger partial charge is 0.312 e. The first-order chi connectivity index (χ1) is 4.92. The van der Waals surface area contributed by atoms with Gasteiger partial charge in [0, 0.05) is 0 Å². The Morgan fingerprint density at radius 3 is 2.18 bits per heavy atom. The Kier molecular flexibility index (Phi) is 3.74. The van der Waals surface area contributed by atoms with Gasteiger partial charge in [-0.1, -0.05) is 6.92 Å². The summed E-state index contributed by atoms with van der Waals surface area (Å²) in [7, 11) is 0. The molecule has 0 saturated heterocycles. The Bertz CT molecular complexity index is 119. The van der Waals surface area contributed by atoms with E-state index in [1.54, 1.807) is 0 Å². The lowest BCUT2D eigenvalue weighted by molar-refractivity contribution is -0.173. The molecule has 2 N–H and O–H groups in total. The zero-order chi connectivity index (χ0) is 9.07. The molecule has 0 radical (unpaired) electrons. The third-order valence-corrected chi connectivity index (χ3v) is 1.29. The highest BCUT2D eigenvalue weighted by molar-refractivity contribution is 4.75. The van der Waals surface area contributed by atoms with E-state index in [1.807, 2.05) is 0 Å². The van der Waals surface area contributed by atoms with Crippen LogP contribution in [0.1, 0.15) is 6.92 Å². The van der Waals surface area contributed by atoms with E-state index in [0.29, 0.717) is 0 Å². The molecule has 1 unspecified atom stereocenters. The molecule has 0 amide bonds. The van der Waals surface area contributed by atoms with Crippen LogP contribution in [0.5, 0.6) is 0 Å². The predicted molar refractivity (Wildman–Crippen MR) is 30.3 cm³/mol. The lowest BCUT2D eigenvalue weighted by atomic mass is 10.1. The molecule has 1 atom stereocenters. The summed E-state index contributed by atoms with van der Waals surface area (Å²) in [5, 5.41) is 0. The summed E-state index contributed by atoms with van der Waals surface area (Å²) in [6.45, 7) is 0.358. The normalized spacial score (nSPS) is 15.5. The monoisotopic (exact) mass is 175 g/mol. The van der Waals surface area contributed by atoms with Crippen LogP contribution in [-0.2, 0) is 4.84 Å². The van der Waals surface area contributed by atoms with Crippen molar-refractivity contribution in [3.05, 3.63) is 0 Å². The van der Waals surface area contributed by atoms with E-state index < -0.39 is 24.9 Å². The number of hydrogen-bond acceptors (Lipinski definition) is 2. The van der Waals surface area contributed by atoms with Crippen LogP contribution in [0.25, 0.3) is 0 Å². The van der Waals surface area contributed by atoms with Crippen LogP contribution < -0.4 is 5.90 Å². The first-order valence-corrected chi connectivity index (χ1v) is 2.90. The summed E-state index contributed by atoms with van der Waals surface area (Å²) < 4.78 is 47.6. The number of hydrogen-bond donors (Lipinski definition) is 1. The van der Waals surface area contributed by atoms with E-state index in [9.17, 15) is 17.6 Å². The minimum Gasteiger partial charge on any atom is -0.304 e. The second-order valence-electron chi connectivity index (χ2n) is 2.21. The van der Waals surface area contributed by atoms with Gasteiger partial charge in [-0.3, -0.25) is 0 Å². The Hall–Kier alpha value is -0.360. The Morgan fingerprint density at radius 1 is 1.45 bits per heavy atom. The molecule has 0 aliphatic rings. The van der Waals surface area contributed by atoms with E-state index in [1.165, 1.54) is 0 Å². The molecule has 0 bridgehead atoms. The van der Waals surface area contributed by atoms with Crippen molar-refractivity contribution in [2.75, 3.05) is 6.61 Å². The summed E-state index contributed by atoms with van der Waals surface area (Å²) in [5.41, 5.74) is 0. The van der Waals surface area contributed by atoms with E-state index >= 15 is 0 Å². The first-order valence-electron chi connectivity index (χ1n) is 2.90. The maximum absolute atomic E-state index is 12.2. The highest BCUT2D eigenvalue weighted by Crippen LogP contribution is 2.30. The van der Waals surface area contributed by atoms with Crippen molar-refractivity contribution in [3.63, 3.8) is 0 Å². The quantitative estimate of drug-likeness (QED) is 0.518. The molecule has 0 aliphatic carbocycles. The van der Waals surface area contributed by atoms with Gasteiger partial charge < -0.3 is 4.84 Å². The zero-order valence-corrected chi connectivity index (χ0v) is 5.86. The molecule has 0 aromatic carbocycles. The van der Waals surface area contributed by atoms with Crippen molar-refractivity contribution in [1.29, 1.82) is 0 Å². The maximum Gasteiger partial charge on any atom is 0.312 e. The highest BCUT2D eigenvalue weighted by Gasteiger charge is 2.46. The van der Waals surface area contributed by atoms with Gasteiger partial charge in [-0.2, -0.15) is 8.78 Å². The highest BCUT2D eigenvalue weighted by atomic mass is 19.3. The van der Waals surface area contributed by atoms with Crippen molar-refractivity contribution < 1.29 is 22.4 Å². The zero-order valence-electron chi connectivity index (χ0n) is 5.86. The van der Waals surface area contributed by atoms with Gasteiger partial charge in [0.1, 0.15) is 0 Å². The molecule has 0 saturated carbocycles. The van der Waals surface area contributed by atoms with Crippen LogP contribution in [0.4, 0.5) is 17.6 Å². The number of nitrogens with two attached hydrogens (primary N) is 1. The molecule has 0 rings (SSSR count). The molecule has 11 heavy (non-hydrogen) atoms. The van der Waals surface area contributed by atoms with Crippen molar-refractivity contribution >= 4 is 0 Å². The van der Waals surface area contributed by atoms with Crippen molar-refractivity contribution in [3.8, 4) is 0 Å². The Labute approximate surface area is 61.3 Å². The molecule has 6 heteroatoms. The van der Waals surface area contributed by atoms with Crippen LogP contribution in [0.3, 0.4) is 0 Å². The van der Waals surface area contributed by atoms with Crippen LogP contribution in [0, 0.1) is 5.92 Å². The number of alkyl halides is 4. The van der Waals surface area contributed by atoms with Gasteiger partial charge in [-0.15, -0.1) is 0 Å². The fourth-order valence-corrected chi connectivity index (χ4v) is 0.471. The van der Waals surface area contributed by atoms with E-state index in [2.05, 4.69) is 10.7 Å². The van der Waals surface area contributed by atoms with E-state index in [-0.39, 0.29) is 0 Å². The van der Waals surface area contributed by atoms with Gasteiger partial charge in [0.15, 0.2) is 0 Å². The van der Waals surface area contributed by atoms with E-state index in [0.717, 1.165) is 6.92 Å². The molecule has 2 nitrogen and oxygen atoms in total. The first kappa shape index (κ1) is 10.6. The summed E-state index contributed by atoms with van der Waals surface area (Å²) >= 11 is 0. The lowest BCUT2D eigenvalue weighted by Gasteiger charge is -2.21. The molecule has 0 heterocycles. The van der Waals surface area contributed by atoms with Crippen LogP contribution >= 0.6 is 0 Å². The van der Waals surface area contributed by atoms with Crippen molar-refractivity contribution in [2.45, 2.75) is 19.3 Å². The van der Waals surface area contributed by atoms with Crippen LogP contribution in [0.2, 0.25) is 0 Å². The topological polar surface area (TPSA) is 35.2 Å². The summed E-state index contributed by atoms with van der Waals surface area (Å²) in [5.74, 6) is -1.16. The fraction of sp³-hybridized carbons (Fsp3) is 1.00. The molecule has 68 valence electrons. The van der Waals surface area contributed by atoms with Gasteiger partial charge in [-0.05, 0) is 0 Å². The lowest BCUT2D eigenvalue weighted by Crippen LogP contribution is -2.37. The van der Waals surface area contributed by atoms with Gasteiger partial charge in [0.05, 0.1) is 12.5 Å². The fourth-order valence-electron chi connectivity index (χ4n) is 0.471. The number of rotatable bonds is 4. The van der Waals surface area contributed by atoms with Crippen LogP contribution in [-0.4, -0.2) is 19.0 Å². The van der Waals surface area contributed by atoms with Gasteiger partial charge in [0.2, 0.25) is 0 Å². The van der Waals surface area contributed by atoms with Gasteiger partial charge in [-0.25, -0.2) is 14.7 Å². The SMILES string of the molecule is CC(CON)C(F)(F)C(F)F. The third-order valence-electron chi connectivity index (χ3n) is 1.29. The number of halogens is 4. The smallest absolute Gasteiger partial charge is 0.304 e. The summed E-state index contributed by atoms with van der Waals surface area (Å²) in [4.78, 5) is 3.83. The summed E-state index contributed by atoms with van der Waals surface area (Å²) in [6.07, 6.45) is -3.67.